The van der Waals surface area contributed by atoms with E-state index in [1.165, 1.54) is 51.5 Å². The zero-order valence-electron chi connectivity index (χ0n) is 12.2. The minimum Gasteiger partial charge on any atom is -0.377 e. The summed E-state index contributed by atoms with van der Waals surface area (Å²) < 4.78 is 5.84. The molecule has 106 valence electrons. The summed E-state index contributed by atoms with van der Waals surface area (Å²) in [5.74, 6) is 0. The zero-order valence-corrected chi connectivity index (χ0v) is 12.2. The van der Waals surface area contributed by atoms with Crippen LogP contribution in [0.15, 0.2) is 0 Å². The second-order valence-corrected chi connectivity index (χ2v) is 6.05. The van der Waals surface area contributed by atoms with Crippen LogP contribution in [0.4, 0.5) is 0 Å². The fourth-order valence-corrected chi connectivity index (χ4v) is 3.31. The molecule has 3 unspecified atom stereocenters. The SMILES string of the molecule is CCCNC1CCC(N(C)CC2CCCCO2)C1. The Bertz CT molecular complexity index is 229. The van der Waals surface area contributed by atoms with Crippen molar-refractivity contribution >= 4 is 0 Å². The lowest BCUT2D eigenvalue weighted by molar-refractivity contribution is -0.00784. The summed E-state index contributed by atoms with van der Waals surface area (Å²) >= 11 is 0. The third-order valence-electron chi connectivity index (χ3n) is 4.48. The van der Waals surface area contributed by atoms with E-state index in [4.69, 9.17) is 4.74 Å². The van der Waals surface area contributed by atoms with E-state index in [1.54, 1.807) is 0 Å². The molecule has 2 rings (SSSR count). The molecule has 1 saturated carbocycles. The second kappa shape index (κ2) is 7.46. The largest absolute Gasteiger partial charge is 0.377 e. The van der Waals surface area contributed by atoms with Gasteiger partial charge >= 0.3 is 0 Å². The quantitative estimate of drug-likeness (QED) is 0.788. The molecule has 0 aromatic rings. The highest BCUT2D eigenvalue weighted by Gasteiger charge is 2.28. The lowest BCUT2D eigenvalue weighted by atomic mass is 10.1. The van der Waals surface area contributed by atoms with Crippen LogP contribution in [0.2, 0.25) is 0 Å². The Labute approximate surface area is 112 Å². The Morgan fingerprint density at radius 1 is 1.22 bits per heavy atom. The average molecular weight is 254 g/mol. The van der Waals surface area contributed by atoms with Crippen LogP contribution in [0.25, 0.3) is 0 Å². The molecule has 1 aliphatic heterocycles. The fraction of sp³-hybridized carbons (Fsp3) is 1.00. The Balaban J connectivity index is 1.67. The van der Waals surface area contributed by atoms with E-state index >= 15 is 0 Å². The van der Waals surface area contributed by atoms with Crippen LogP contribution in [0, 0.1) is 0 Å². The molecule has 18 heavy (non-hydrogen) atoms. The van der Waals surface area contributed by atoms with Gasteiger partial charge in [-0.15, -0.1) is 0 Å². The van der Waals surface area contributed by atoms with Gasteiger partial charge in [-0.05, 0) is 58.5 Å². The fourth-order valence-electron chi connectivity index (χ4n) is 3.31. The molecule has 0 aromatic heterocycles. The first-order chi connectivity index (χ1) is 8.79. The first-order valence-electron chi connectivity index (χ1n) is 7.84. The Kier molecular flexibility index (Phi) is 5.93. The van der Waals surface area contributed by atoms with E-state index in [-0.39, 0.29) is 0 Å². The van der Waals surface area contributed by atoms with Crippen LogP contribution in [-0.4, -0.2) is 49.8 Å². The smallest absolute Gasteiger partial charge is 0.0702 e. The van der Waals surface area contributed by atoms with Crippen LogP contribution in [0.1, 0.15) is 51.9 Å². The number of hydrogen-bond donors (Lipinski definition) is 1. The highest BCUT2D eigenvalue weighted by molar-refractivity contribution is 4.86. The summed E-state index contributed by atoms with van der Waals surface area (Å²) in [5.41, 5.74) is 0. The van der Waals surface area contributed by atoms with Crippen LogP contribution in [0.5, 0.6) is 0 Å². The average Bonchev–Trinajstić information content (AvgIpc) is 2.86. The molecule has 3 atom stereocenters. The van der Waals surface area contributed by atoms with Gasteiger partial charge in [-0.25, -0.2) is 0 Å². The van der Waals surface area contributed by atoms with Crippen molar-refractivity contribution in [1.29, 1.82) is 0 Å². The van der Waals surface area contributed by atoms with Gasteiger partial charge in [0.1, 0.15) is 0 Å². The molecule has 3 nitrogen and oxygen atoms in total. The maximum absolute atomic E-state index is 5.84. The van der Waals surface area contributed by atoms with Gasteiger partial charge in [0.2, 0.25) is 0 Å². The van der Waals surface area contributed by atoms with Crippen molar-refractivity contribution in [2.45, 2.75) is 70.1 Å². The van der Waals surface area contributed by atoms with Crippen molar-refractivity contribution in [3.8, 4) is 0 Å². The van der Waals surface area contributed by atoms with Gasteiger partial charge in [0.05, 0.1) is 6.10 Å². The molecule has 1 aliphatic carbocycles. The molecule has 1 N–H and O–H groups in total. The number of rotatable bonds is 6. The molecule has 1 saturated heterocycles. The molecule has 2 aliphatic rings. The molecular weight excluding hydrogens is 224 g/mol. The van der Waals surface area contributed by atoms with Crippen molar-refractivity contribution < 1.29 is 4.74 Å². The maximum atomic E-state index is 5.84. The zero-order chi connectivity index (χ0) is 12.8. The number of nitrogens with one attached hydrogen (secondary N) is 1. The monoisotopic (exact) mass is 254 g/mol. The number of hydrogen-bond acceptors (Lipinski definition) is 3. The summed E-state index contributed by atoms with van der Waals surface area (Å²) in [4.78, 5) is 2.55. The first kappa shape index (κ1) is 14.3. The van der Waals surface area contributed by atoms with Gasteiger partial charge in [0.25, 0.3) is 0 Å². The molecule has 0 radical (unpaired) electrons. The molecule has 0 bridgehead atoms. The highest BCUT2D eigenvalue weighted by Crippen LogP contribution is 2.24. The van der Waals surface area contributed by atoms with Gasteiger partial charge in [0.15, 0.2) is 0 Å². The van der Waals surface area contributed by atoms with Crippen LogP contribution in [-0.2, 0) is 4.74 Å². The number of likely N-dealkylation sites (N-methyl/N-ethyl adjacent to an activating group) is 1. The van der Waals surface area contributed by atoms with E-state index in [1.807, 2.05) is 0 Å². The minimum absolute atomic E-state index is 0.492. The lowest BCUT2D eigenvalue weighted by Gasteiger charge is -2.31. The van der Waals surface area contributed by atoms with E-state index < -0.39 is 0 Å². The van der Waals surface area contributed by atoms with Crippen LogP contribution >= 0.6 is 0 Å². The summed E-state index contributed by atoms with van der Waals surface area (Å²) in [5, 5.41) is 3.66. The molecule has 0 spiro atoms. The van der Waals surface area contributed by atoms with Gasteiger partial charge in [0, 0.05) is 25.2 Å². The van der Waals surface area contributed by atoms with Crippen molar-refractivity contribution in [3.05, 3.63) is 0 Å². The third kappa shape index (κ3) is 4.22. The number of ether oxygens (including phenoxy) is 1. The van der Waals surface area contributed by atoms with E-state index in [2.05, 4.69) is 24.2 Å². The topological polar surface area (TPSA) is 24.5 Å². The van der Waals surface area contributed by atoms with Crippen molar-refractivity contribution in [3.63, 3.8) is 0 Å². The predicted octanol–water partition coefficient (Wildman–Crippen LogP) is 2.41. The summed E-state index contributed by atoms with van der Waals surface area (Å²) in [6.07, 6.45) is 9.62. The minimum atomic E-state index is 0.492. The molecule has 2 fully saturated rings. The molecule has 3 heteroatoms. The summed E-state index contributed by atoms with van der Waals surface area (Å²) in [7, 11) is 2.28. The molecule has 1 heterocycles. The predicted molar refractivity (Wildman–Crippen MR) is 75.9 cm³/mol. The van der Waals surface area contributed by atoms with E-state index in [0.29, 0.717) is 6.10 Å². The molecule has 0 aromatic carbocycles. The second-order valence-electron chi connectivity index (χ2n) is 6.05. The third-order valence-corrected chi connectivity index (χ3v) is 4.48. The van der Waals surface area contributed by atoms with Gasteiger partial charge < -0.3 is 15.0 Å². The maximum Gasteiger partial charge on any atom is 0.0702 e. The van der Waals surface area contributed by atoms with Gasteiger partial charge in [-0.3, -0.25) is 0 Å². The molecular formula is C15H30N2O. The Morgan fingerprint density at radius 3 is 2.83 bits per heavy atom. The van der Waals surface area contributed by atoms with Crippen LogP contribution in [0.3, 0.4) is 0 Å². The van der Waals surface area contributed by atoms with Gasteiger partial charge in [-0.1, -0.05) is 6.92 Å². The highest BCUT2D eigenvalue weighted by atomic mass is 16.5. The van der Waals surface area contributed by atoms with Crippen molar-refractivity contribution in [2.75, 3.05) is 26.7 Å². The number of nitrogens with zero attached hydrogens (tertiary/aromatic N) is 1. The summed E-state index contributed by atoms with van der Waals surface area (Å²) in [6.45, 7) is 5.52. The Morgan fingerprint density at radius 2 is 2.11 bits per heavy atom. The molecule has 0 amide bonds. The Hall–Kier alpha value is -0.120. The van der Waals surface area contributed by atoms with E-state index in [9.17, 15) is 0 Å². The normalized spacial score (nSPS) is 33.2. The summed E-state index contributed by atoms with van der Waals surface area (Å²) in [6, 6.07) is 1.52. The van der Waals surface area contributed by atoms with E-state index in [0.717, 1.165) is 25.2 Å². The van der Waals surface area contributed by atoms with Crippen molar-refractivity contribution in [1.82, 2.24) is 10.2 Å². The lowest BCUT2D eigenvalue weighted by Crippen LogP contribution is -2.39. The van der Waals surface area contributed by atoms with Crippen LogP contribution < -0.4 is 5.32 Å². The standard InChI is InChI=1S/C15H30N2O/c1-3-9-16-13-7-8-14(11-13)17(2)12-15-6-4-5-10-18-15/h13-16H,3-12H2,1-2H3. The first-order valence-corrected chi connectivity index (χ1v) is 7.84. The van der Waals surface area contributed by atoms with Crippen molar-refractivity contribution in [2.24, 2.45) is 0 Å². The van der Waals surface area contributed by atoms with Gasteiger partial charge in [-0.2, -0.15) is 0 Å².